The third kappa shape index (κ3) is 10.9. The lowest BCUT2D eigenvalue weighted by Gasteiger charge is -2.19. The predicted octanol–water partition coefficient (Wildman–Crippen LogP) is 4.55. The summed E-state index contributed by atoms with van der Waals surface area (Å²) in [5.41, 5.74) is 0.869. The van der Waals surface area contributed by atoms with Crippen LogP contribution in [0.2, 0.25) is 5.02 Å². The van der Waals surface area contributed by atoms with Gasteiger partial charge < -0.3 is 24.8 Å². The number of benzene rings is 1. The minimum Gasteiger partial charge on any atom is -0.444 e. The lowest BCUT2D eigenvalue weighted by atomic mass is 10.1. The summed E-state index contributed by atoms with van der Waals surface area (Å²) in [5.74, 6) is -0.731. The average Bonchev–Trinajstić information content (AvgIpc) is 3.09. The second kappa shape index (κ2) is 14.1. The van der Waals surface area contributed by atoms with Crippen molar-refractivity contribution >= 4 is 51.7 Å². The van der Waals surface area contributed by atoms with E-state index in [9.17, 15) is 14.4 Å². The zero-order chi connectivity index (χ0) is 26.7. The summed E-state index contributed by atoms with van der Waals surface area (Å²) in [6.45, 7) is 10.6. The molecule has 0 aliphatic heterocycles. The van der Waals surface area contributed by atoms with Gasteiger partial charge in [0.2, 0.25) is 5.91 Å². The minimum atomic E-state index is -0.549. The maximum atomic E-state index is 12.8. The topological polar surface area (TPSA) is 128 Å². The third-order valence-corrected chi connectivity index (χ3v) is 5.73. The van der Waals surface area contributed by atoms with Gasteiger partial charge in [0, 0.05) is 16.4 Å². The Morgan fingerprint density at radius 3 is 2.36 bits per heavy atom. The van der Waals surface area contributed by atoms with Crippen molar-refractivity contribution in [1.29, 1.82) is 0 Å². The van der Waals surface area contributed by atoms with Gasteiger partial charge in [-0.1, -0.05) is 11.6 Å². The van der Waals surface area contributed by atoms with Crippen LogP contribution in [0.25, 0.3) is 0 Å². The van der Waals surface area contributed by atoms with Crippen molar-refractivity contribution in [1.82, 2.24) is 10.3 Å². The van der Waals surface area contributed by atoms with E-state index in [1.54, 1.807) is 32.9 Å². The number of aromatic nitrogens is 1. The fourth-order valence-corrected chi connectivity index (χ4v) is 3.72. The first-order valence-electron chi connectivity index (χ1n) is 11.4. The SMILES string of the molecule is Cc1nc(NC(=O)c2cc(Cl)ccc2NC(=O)CCOCCOCCNC(=O)OC(C)(C)C)sc1C. The summed E-state index contributed by atoms with van der Waals surface area (Å²) in [6.07, 6.45) is -0.405. The Hall–Kier alpha value is -2.73. The summed E-state index contributed by atoms with van der Waals surface area (Å²) in [5, 5.41) is 8.91. The molecule has 198 valence electrons. The zero-order valence-electron chi connectivity index (χ0n) is 21.2. The van der Waals surface area contributed by atoms with E-state index >= 15 is 0 Å². The number of carbonyl (C=O) groups is 3. The highest BCUT2D eigenvalue weighted by Crippen LogP contribution is 2.25. The number of nitrogens with one attached hydrogen (secondary N) is 3. The standard InChI is InChI=1S/C24H33ClN4O6S/c1-15-16(2)36-22(27-15)29-21(31)18-14-17(25)6-7-19(18)28-20(30)8-10-33-12-13-34-11-9-26-23(32)35-24(3,4)5/h6-7,14H,8-13H2,1-5H3,(H,26,32)(H,28,30)(H,27,29,31). The summed E-state index contributed by atoms with van der Waals surface area (Å²) < 4.78 is 15.9. The van der Waals surface area contributed by atoms with Gasteiger partial charge in [-0.25, -0.2) is 9.78 Å². The summed E-state index contributed by atoms with van der Waals surface area (Å²) >= 11 is 7.44. The Kier molecular flexibility index (Phi) is 11.6. The van der Waals surface area contributed by atoms with Crippen molar-refractivity contribution in [3.63, 3.8) is 0 Å². The molecule has 0 spiro atoms. The van der Waals surface area contributed by atoms with Crippen LogP contribution in [0, 0.1) is 13.8 Å². The second-order valence-electron chi connectivity index (χ2n) is 8.76. The number of aryl methyl sites for hydroxylation is 2. The first-order valence-corrected chi connectivity index (χ1v) is 12.6. The monoisotopic (exact) mass is 540 g/mol. The van der Waals surface area contributed by atoms with Crippen LogP contribution in [0.3, 0.4) is 0 Å². The zero-order valence-corrected chi connectivity index (χ0v) is 22.7. The fraction of sp³-hybridized carbons (Fsp3) is 0.500. The largest absolute Gasteiger partial charge is 0.444 e. The second-order valence-corrected chi connectivity index (χ2v) is 10.4. The van der Waals surface area contributed by atoms with Crippen LogP contribution in [-0.2, 0) is 19.0 Å². The first kappa shape index (κ1) is 29.5. The molecule has 0 saturated carbocycles. The number of nitrogens with zero attached hydrogens (tertiary/aromatic N) is 1. The molecule has 0 atom stereocenters. The number of thiazole rings is 1. The number of amides is 3. The van der Waals surface area contributed by atoms with Crippen molar-refractivity contribution in [3.8, 4) is 0 Å². The molecule has 0 bridgehead atoms. The molecule has 0 aliphatic carbocycles. The maximum Gasteiger partial charge on any atom is 0.407 e. The molecule has 2 rings (SSSR count). The summed E-state index contributed by atoms with van der Waals surface area (Å²) in [6, 6.07) is 4.66. The van der Waals surface area contributed by atoms with E-state index in [2.05, 4.69) is 20.9 Å². The van der Waals surface area contributed by atoms with Gasteiger partial charge in [0.1, 0.15) is 5.60 Å². The Morgan fingerprint density at radius 2 is 1.72 bits per heavy atom. The van der Waals surface area contributed by atoms with Gasteiger partial charge in [0.25, 0.3) is 5.91 Å². The fourth-order valence-electron chi connectivity index (χ4n) is 2.74. The van der Waals surface area contributed by atoms with Crippen molar-refractivity contribution in [2.45, 2.75) is 46.6 Å². The van der Waals surface area contributed by atoms with Gasteiger partial charge in [0.05, 0.1) is 49.8 Å². The molecular formula is C24H33ClN4O6S. The molecule has 10 nitrogen and oxygen atoms in total. The highest BCUT2D eigenvalue weighted by Gasteiger charge is 2.17. The van der Waals surface area contributed by atoms with Crippen LogP contribution in [-0.4, -0.2) is 61.5 Å². The Morgan fingerprint density at radius 1 is 1.03 bits per heavy atom. The van der Waals surface area contributed by atoms with Crippen molar-refractivity contribution in [2.75, 3.05) is 43.6 Å². The molecular weight excluding hydrogens is 508 g/mol. The lowest BCUT2D eigenvalue weighted by Crippen LogP contribution is -2.34. The minimum absolute atomic E-state index is 0.0920. The molecule has 12 heteroatoms. The molecule has 3 amide bonds. The Bertz CT molecular complexity index is 1030. The highest BCUT2D eigenvalue weighted by molar-refractivity contribution is 7.15. The van der Waals surface area contributed by atoms with E-state index in [1.807, 2.05) is 13.8 Å². The molecule has 1 aromatic carbocycles. The van der Waals surface area contributed by atoms with Gasteiger partial charge in [-0.2, -0.15) is 0 Å². The molecule has 0 saturated heterocycles. The normalized spacial score (nSPS) is 11.2. The van der Waals surface area contributed by atoms with E-state index in [4.69, 9.17) is 25.8 Å². The molecule has 0 radical (unpaired) electrons. The number of halogens is 1. The average molecular weight is 541 g/mol. The van der Waals surface area contributed by atoms with Crippen LogP contribution >= 0.6 is 22.9 Å². The molecule has 0 unspecified atom stereocenters. The number of carbonyl (C=O) groups excluding carboxylic acids is 3. The van der Waals surface area contributed by atoms with Gasteiger partial charge in [0.15, 0.2) is 5.13 Å². The number of hydrogen-bond acceptors (Lipinski definition) is 8. The van der Waals surface area contributed by atoms with E-state index in [0.717, 1.165) is 10.6 Å². The Balaban J connectivity index is 1.69. The number of alkyl carbamates (subject to hydrolysis) is 1. The molecule has 2 aromatic rings. The summed E-state index contributed by atoms with van der Waals surface area (Å²) in [7, 11) is 0. The molecule has 0 fully saturated rings. The van der Waals surface area contributed by atoms with E-state index < -0.39 is 17.6 Å². The van der Waals surface area contributed by atoms with E-state index in [1.165, 1.54) is 17.4 Å². The van der Waals surface area contributed by atoms with Crippen LogP contribution in [0.15, 0.2) is 18.2 Å². The van der Waals surface area contributed by atoms with Crippen LogP contribution in [0.4, 0.5) is 15.6 Å². The van der Waals surface area contributed by atoms with Gasteiger partial charge >= 0.3 is 6.09 Å². The molecule has 1 aromatic heterocycles. The number of hydrogen-bond donors (Lipinski definition) is 3. The highest BCUT2D eigenvalue weighted by atomic mass is 35.5. The third-order valence-electron chi connectivity index (χ3n) is 4.51. The molecule has 0 aliphatic rings. The molecule has 36 heavy (non-hydrogen) atoms. The smallest absolute Gasteiger partial charge is 0.407 e. The van der Waals surface area contributed by atoms with E-state index in [0.29, 0.717) is 42.2 Å². The lowest BCUT2D eigenvalue weighted by molar-refractivity contribution is -0.117. The number of ether oxygens (including phenoxy) is 3. The van der Waals surface area contributed by atoms with E-state index in [-0.39, 0.29) is 24.5 Å². The van der Waals surface area contributed by atoms with Gasteiger partial charge in [-0.05, 0) is 52.8 Å². The van der Waals surface area contributed by atoms with Crippen LogP contribution < -0.4 is 16.0 Å². The summed E-state index contributed by atoms with van der Waals surface area (Å²) in [4.78, 5) is 42.0. The molecule has 3 N–H and O–H groups in total. The number of anilines is 2. The first-order chi connectivity index (χ1) is 16.9. The van der Waals surface area contributed by atoms with Crippen molar-refractivity contribution in [3.05, 3.63) is 39.4 Å². The van der Waals surface area contributed by atoms with Gasteiger partial charge in [-0.3, -0.25) is 14.9 Å². The van der Waals surface area contributed by atoms with Crippen molar-refractivity contribution < 1.29 is 28.6 Å². The van der Waals surface area contributed by atoms with Crippen LogP contribution in [0.1, 0.15) is 48.1 Å². The van der Waals surface area contributed by atoms with Gasteiger partial charge in [-0.15, -0.1) is 11.3 Å². The molecule has 1 heterocycles. The Labute approximate surface area is 220 Å². The van der Waals surface area contributed by atoms with Crippen molar-refractivity contribution in [2.24, 2.45) is 0 Å². The van der Waals surface area contributed by atoms with Crippen LogP contribution in [0.5, 0.6) is 0 Å². The predicted molar refractivity (Wildman–Crippen MR) is 140 cm³/mol. The maximum absolute atomic E-state index is 12.8. The number of rotatable bonds is 12. The quantitative estimate of drug-likeness (QED) is 0.337.